The van der Waals surface area contributed by atoms with Gasteiger partial charge in [-0.1, -0.05) is 36.9 Å². The maximum Gasteiger partial charge on any atom is 0.328 e. The van der Waals surface area contributed by atoms with Gasteiger partial charge in [0.25, 0.3) is 0 Å². The van der Waals surface area contributed by atoms with Crippen LogP contribution in [-0.4, -0.2) is 18.5 Å². The van der Waals surface area contributed by atoms with Crippen LogP contribution in [0.2, 0.25) is 5.02 Å². The van der Waals surface area contributed by atoms with Gasteiger partial charge < -0.3 is 5.32 Å². The summed E-state index contributed by atoms with van der Waals surface area (Å²) >= 11 is 6.14. The monoisotopic (exact) mass is 306 g/mol. The van der Waals surface area contributed by atoms with E-state index in [1.807, 2.05) is 13.0 Å². The van der Waals surface area contributed by atoms with E-state index in [0.717, 1.165) is 31.2 Å². The van der Waals surface area contributed by atoms with E-state index >= 15 is 0 Å². The fraction of sp³-hybridized carbons (Fsp3) is 0.500. The quantitative estimate of drug-likeness (QED) is 0.861. The number of hydrogen-bond donors (Lipinski definition) is 1. The normalized spacial score (nSPS) is 21.5. The number of urea groups is 1. The largest absolute Gasteiger partial charge is 0.336 e. The van der Waals surface area contributed by atoms with Crippen molar-refractivity contribution in [2.45, 2.75) is 39.0 Å². The van der Waals surface area contributed by atoms with E-state index in [2.05, 4.69) is 5.32 Å². The lowest BCUT2D eigenvalue weighted by atomic mass is 9.72. The van der Waals surface area contributed by atoms with E-state index in [0.29, 0.717) is 17.3 Å². The Hall–Kier alpha value is -1.55. The first-order valence-corrected chi connectivity index (χ1v) is 7.80. The molecule has 3 rings (SSSR count). The van der Waals surface area contributed by atoms with E-state index in [4.69, 9.17) is 11.6 Å². The van der Waals surface area contributed by atoms with E-state index < -0.39 is 5.41 Å². The van der Waals surface area contributed by atoms with Gasteiger partial charge in [0.2, 0.25) is 5.91 Å². The SMILES string of the molecule is Cc1ccc(N2C(=O)NCC3(CCCCC3)C2=O)cc1Cl. The van der Waals surface area contributed by atoms with Gasteiger partial charge in [0.15, 0.2) is 0 Å². The molecule has 1 aliphatic heterocycles. The third kappa shape index (κ3) is 2.42. The Morgan fingerprint density at radius 1 is 1.19 bits per heavy atom. The summed E-state index contributed by atoms with van der Waals surface area (Å²) in [6.45, 7) is 2.35. The smallest absolute Gasteiger partial charge is 0.328 e. The van der Waals surface area contributed by atoms with Crippen molar-refractivity contribution >= 4 is 29.2 Å². The molecule has 1 N–H and O–H groups in total. The van der Waals surface area contributed by atoms with Crippen LogP contribution in [-0.2, 0) is 4.79 Å². The van der Waals surface area contributed by atoms with Crippen molar-refractivity contribution in [3.8, 4) is 0 Å². The average molecular weight is 307 g/mol. The molecule has 0 unspecified atom stereocenters. The number of hydrogen-bond acceptors (Lipinski definition) is 2. The lowest BCUT2D eigenvalue weighted by Gasteiger charge is -2.43. The molecule has 2 fully saturated rings. The van der Waals surface area contributed by atoms with Crippen LogP contribution in [0.5, 0.6) is 0 Å². The van der Waals surface area contributed by atoms with Crippen LogP contribution in [0.15, 0.2) is 18.2 Å². The molecule has 0 aromatic heterocycles. The van der Waals surface area contributed by atoms with Gasteiger partial charge in [0, 0.05) is 11.6 Å². The fourth-order valence-electron chi connectivity index (χ4n) is 3.30. The highest BCUT2D eigenvalue weighted by Crippen LogP contribution is 2.40. The molecule has 1 heterocycles. The maximum atomic E-state index is 12.9. The summed E-state index contributed by atoms with van der Waals surface area (Å²) in [5, 5.41) is 3.44. The summed E-state index contributed by atoms with van der Waals surface area (Å²) in [6.07, 6.45) is 4.96. The van der Waals surface area contributed by atoms with Crippen LogP contribution in [0.3, 0.4) is 0 Å². The van der Waals surface area contributed by atoms with Crippen LogP contribution in [0.1, 0.15) is 37.7 Å². The van der Waals surface area contributed by atoms with E-state index in [9.17, 15) is 9.59 Å². The maximum absolute atomic E-state index is 12.9. The van der Waals surface area contributed by atoms with Gasteiger partial charge >= 0.3 is 6.03 Å². The molecule has 112 valence electrons. The van der Waals surface area contributed by atoms with Gasteiger partial charge in [-0.3, -0.25) is 4.79 Å². The summed E-state index contributed by atoms with van der Waals surface area (Å²) in [6, 6.07) is 4.95. The first-order chi connectivity index (χ1) is 10.0. The summed E-state index contributed by atoms with van der Waals surface area (Å²) in [5.74, 6) is -0.0779. The van der Waals surface area contributed by atoms with Crippen molar-refractivity contribution < 1.29 is 9.59 Å². The molecule has 0 atom stereocenters. The molecule has 1 spiro atoms. The predicted octanol–water partition coefficient (Wildman–Crippen LogP) is 3.66. The number of benzene rings is 1. The number of aryl methyl sites for hydroxylation is 1. The highest BCUT2D eigenvalue weighted by atomic mass is 35.5. The van der Waals surface area contributed by atoms with Gasteiger partial charge in [-0.05, 0) is 37.5 Å². The number of nitrogens with one attached hydrogen (secondary N) is 1. The Balaban J connectivity index is 1.97. The summed E-state index contributed by atoms with van der Waals surface area (Å²) in [5.41, 5.74) is 1.05. The van der Waals surface area contributed by atoms with Crippen LogP contribution in [0.4, 0.5) is 10.5 Å². The average Bonchev–Trinajstić information content (AvgIpc) is 2.49. The lowest BCUT2D eigenvalue weighted by molar-refractivity contribution is -0.130. The van der Waals surface area contributed by atoms with Gasteiger partial charge in [-0.2, -0.15) is 0 Å². The van der Waals surface area contributed by atoms with E-state index in [1.165, 1.54) is 11.3 Å². The number of halogens is 1. The minimum Gasteiger partial charge on any atom is -0.336 e. The minimum absolute atomic E-state index is 0.0779. The first kappa shape index (κ1) is 14.4. The fourth-order valence-corrected chi connectivity index (χ4v) is 3.48. The van der Waals surface area contributed by atoms with E-state index in [-0.39, 0.29) is 11.9 Å². The third-order valence-corrected chi connectivity index (χ3v) is 5.07. The number of anilines is 1. The molecule has 1 aliphatic carbocycles. The molecule has 1 aromatic carbocycles. The Kier molecular flexibility index (Phi) is 3.66. The van der Waals surface area contributed by atoms with Crippen LogP contribution in [0.25, 0.3) is 0 Å². The van der Waals surface area contributed by atoms with Crippen molar-refractivity contribution in [2.75, 3.05) is 11.4 Å². The second-order valence-corrected chi connectivity index (χ2v) is 6.48. The van der Waals surface area contributed by atoms with Crippen molar-refractivity contribution in [3.63, 3.8) is 0 Å². The molecule has 3 amide bonds. The summed E-state index contributed by atoms with van der Waals surface area (Å²) < 4.78 is 0. The molecule has 0 bridgehead atoms. The van der Waals surface area contributed by atoms with Gasteiger partial charge in [0.05, 0.1) is 11.1 Å². The highest BCUT2D eigenvalue weighted by molar-refractivity contribution is 6.32. The Labute approximate surface area is 129 Å². The topological polar surface area (TPSA) is 49.4 Å². The van der Waals surface area contributed by atoms with Crippen molar-refractivity contribution in [2.24, 2.45) is 5.41 Å². The van der Waals surface area contributed by atoms with E-state index in [1.54, 1.807) is 12.1 Å². The second kappa shape index (κ2) is 5.34. The van der Waals surface area contributed by atoms with Crippen molar-refractivity contribution in [1.29, 1.82) is 0 Å². The van der Waals surface area contributed by atoms with Crippen molar-refractivity contribution in [3.05, 3.63) is 28.8 Å². The second-order valence-electron chi connectivity index (χ2n) is 6.07. The predicted molar refractivity (Wildman–Crippen MR) is 82.6 cm³/mol. The van der Waals surface area contributed by atoms with Gasteiger partial charge in [0.1, 0.15) is 0 Å². The zero-order chi connectivity index (χ0) is 15.0. The number of imide groups is 1. The molecular formula is C16H19ClN2O2. The lowest BCUT2D eigenvalue weighted by Crippen LogP contribution is -2.61. The van der Waals surface area contributed by atoms with Crippen molar-refractivity contribution in [1.82, 2.24) is 5.32 Å². The summed E-state index contributed by atoms with van der Waals surface area (Å²) in [4.78, 5) is 26.4. The molecule has 1 saturated heterocycles. The first-order valence-electron chi connectivity index (χ1n) is 7.42. The molecule has 5 heteroatoms. The summed E-state index contributed by atoms with van der Waals surface area (Å²) in [7, 11) is 0. The number of amides is 3. The van der Waals surface area contributed by atoms with Gasteiger partial charge in [-0.25, -0.2) is 9.69 Å². The number of carbonyl (C=O) groups is 2. The molecule has 1 aromatic rings. The molecule has 1 saturated carbocycles. The Morgan fingerprint density at radius 3 is 2.57 bits per heavy atom. The van der Waals surface area contributed by atoms with Gasteiger partial charge in [-0.15, -0.1) is 0 Å². The Bertz CT molecular complexity index is 594. The van der Waals surface area contributed by atoms with Crippen LogP contribution >= 0.6 is 11.6 Å². The zero-order valence-electron chi connectivity index (χ0n) is 12.1. The minimum atomic E-state index is -0.427. The number of rotatable bonds is 1. The number of carbonyl (C=O) groups excluding carboxylic acids is 2. The molecule has 4 nitrogen and oxygen atoms in total. The molecule has 0 radical (unpaired) electrons. The Morgan fingerprint density at radius 2 is 1.90 bits per heavy atom. The zero-order valence-corrected chi connectivity index (χ0v) is 12.9. The number of nitrogens with zero attached hydrogens (tertiary/aromatic N) is 1. The standard InChI is InChI=1S/C16H19ClN2O2/c1-11-5-6-12(9-13(11)17)19-14(20)16(10-18-15(19)21)7-3-2-4-8-16/h5-6,9H,2-4,7-8,10H2,1H3,(H,18,21). The van der Waals surface area contributed by atoms with Crippen LogP contribution in [0, 0.1) is 12.3 Å². The third-order valence-electron chi connectivity index (χ3n) is 4.66. The molecule has 21 heavy (non-hydrogen) atoms. The molecule has 2 aliphatic rings. The van der Waals surface area contributed by atoms with Crippen LogP contribution < -0.4 is 10.2 Å². The molecular weight excluding hydrogens is 288 g/mol. The highest BCUT2D eigenvalue weighted by Gasteiger charge is 2.48.